The summed E-state index contributed by atoms with van der Waals surface area (Å²) in [5, 5.41) is 22.6. The predicted octanol–water partition coefficient (Wildman–Crippen LogP) is 0.976. The van der Waals surface area contributed by atoms with Crippen LogP contribution in [-0.2, 0) is 19.2 Å². The molecule has 0 amide bonds. The molecule has 102 valence electrons. The fourth-order valence-electron chi connectivity index (χ4n) is 0. The van der Waals surface area contributed by atoms with Crippen molar-refractivity contribution in [3.05, 3.63) is 38.0 Å². The number of carbonyl (C=O) groups excluding carboxylic acids is 1. The van der Waals surface area contributed by atoms with Crippen molar-refractivity contribution in [1.29, 1.82) is 0 Å². The maximum absolute atomic E-state index is 9.25. The van der Waals surface area contributed by atoms with Crippen LogP contribution < -0.4 is 0 Å². The van der Waals surface area contributed by atoms with Crippen LogP contribution in [-0.4, -0.2) is 39.5 Å². The number of hydrogen-bond donors (Lipinski definition) is 3. The van der Waals surface area contributed by atoms with Crippen molar-refractivity contribution in [2.45, 2.75) is 6.92 Å². The van der Waals surface area contributed by atoms with Crippen LogP contribution in [0.2, 0.25) is 0 Å². The molecule has 0 fully saturated rings. The maximum atomic E-state index is 9.25. The molecule has 0 bridgehead atoms. The summed E-state index contributed by atoms with van der Waals surface area (Å²) in [4.78, 5) is 36.6. The van der Waals surface area contributed by atoms with Gasteiger partial charge in [-0.3, -0.25) is 9.59 Å². The molecule has 0 unspecified atom stereocenters. The normalized spacial score (nSPS) is 6.06. The Bertz CT molecular complexity index is 264. The molecule has 0 aliphatic carbocycles. The third-order valence-corrected chi connectivity index (χ3v) is 0.445. The molecule has 0 aromatic heterocycles. The van der Waals surface area contributed by atoms with E-state index >= 15 is 0 Å². The second-order valence-electron chi connectivity index (χ2n) is 1.98. The third-order valence-electron chi connectivity index (χ3n) is 0.445. The number of hydrogen-bond acceptors (Lipinski definition) is 4. The molecule has 0 aromatic rings. The van der Waals surface area contributed by atoms with Crippen molar-refractivity contribution in [2.75, 3.05) is 0 Å². The van der Waals surface area contributed by atoms with Gasteiger partial charge in [0.15, 0.2) is 0 Å². The Morgan fingerprint density at radius 2 is 1.00 bits per heavy atom. The van der Waals surface area contributed by atoms with Crippen LogP contribution in [0.3, 0.4) is 0 Å². The van der Waals surface area contributed by atoms with Crippen molar-refractivity contribution in [3.8, 4) is 0 Å². The van der Waals surface area contributed by atoms with E-state index in [1.54, 1.807) is 0 Å². The fraction of sp³-hybridized carbons (Fsp3) is 0.0909. The zero-order valence-corrected chi connectivity index (χ0v) is 9.91. The van der Waals surface area contributed by atoms with Gasteiger partial charge < -0.3 is 15.3 Å². The van der Waals surface area contributed by atoms with E-state index in [-0.39, 0.29) is 0 Å². The minimum Gasteiger partial charge on any atom is -0.481 e. The Hall–Kier alpha value is -2.70. The second kappa shape index (κ2) is 23.8. The molecule has 0 aromatic carbocycles. The second-order valence-corrected chi connectivity index (χ2v) is 1.98. The molecule has 18 heavy (non-hydrogen) atoms. The van der Waals surface area contributed by atoms with Crippen LogP contribution in [0.1, 0.15) is 6.92 Å². The first-order valence-electron chi connectivity index (χ1n) is 4.15. The molecule has 0 aliphatic rings. The van der Waals surface area contributed by atoms with Gasteiger partial charge in [-0.15, -0.1) is 0 Å². The maximum Gasteiger partial charge on any atom is 0.327 e. The molecule has 3 N–H and O–H groups in total. The highest BCUT2D eigenvalue weighted by Crippen LogP contribution is 1.55. The Morgan fingerprint density at radius 3 is 1.00 bits per heavy atom. The van der Waals surface area contributed by atoms with E-state index in [2.05, 4.69) is 19.7 Å². The molecule has 7 nitrogen and oxygen atoms in total. The summed E-state index contributed by atoms with van der Waals surface area (Å²) in [6.45, 7) is 10.1. The monoisotopic (exact) mass is 260 g/mol. The molecule has 0 aliphatic heterocycles. The van der Waals surface area contributed by atoms with E-state index in [1.165, 1.54) is 6.08 Å². The van der Waals surface area contributed by atoms with Gasteiger partial charge >= 0.3 is 11.9 Å². The molecule has 0 saturated heterocycles. The van der Waals surface area contributed by atoms with Crippen LogP contribution in [0.25, 0.3) is 0 Å². The summed E-state index contributed by atoms with van der Waals surface area (Å²) in [6, 6.07) is 0. The zero-order chi connectivity index (χ0) is 15.6. The van der Waals surface area contributed by atoms with Gasteiger partial charge in [-0.1, -0.05) is 19.7 Å². The van der Waals surface area contributed by atoms with Crippen LogP contribution in [0.4, 0.5) is 0 Å². The summed E-state index contributed by atoms with van der Waals surface area (Å²) in [6.07, 6.45) is 3.50. The molecule has 0 radical (unpaired) electrons. The number of carboxylic acids is 3. The highest BCUT2D eigenvalue weighted by atomic mass is 16.4. The molecule has 7 heteroatoms. The lowest BCUT2D eigenvalue weighted by molar-refractivity contribution is -0.134. The summed E-state index contributed by atoms with van der Waals surface area (Å²) in [5.74, 6) is -2.80. The van der Waals surface area contributed by atoms with E-state index in [4.69, 9.17) is 24.9 Å². The van der Waals surface area contributed by atoms with Gasteiger partial charge in [-0.25, -0.2) is 9.59 Å². The van der Waals surface area contributed by atoms with Gasteiger partial charge in [0, 0.05) is 19.1 Å². The van der Waals surface area contributed by atoms with Gasteiger partial charge in [0.2, 0.25) is 0 Å². The average molecular weight is 260 g/mol. The fourth-order valence-corrected chi connectivity index (χ4v) is 0. The Balaban J connectivity index is -0.0000000731. The summed E-state index contributed by atoms with van der Waals surface area (Å²) < 4.78 is 0. The standard InChI is InChI=1S/2C3H4O2.C3H4O.C2H4O2/c2*1-2-3(4)5;1-2-3-4;1-2(3)4/h2*2H,1H2,(H,4,5);2-3H,1H2;1H3,(H,3,4). The van der Waals surface area contributed by atoms with Crippen molar-refractivity contribution < 1.29 is 34.5 Å². The summed E-state index contributed by atoms with van der Waals surface area (Å²) in [5.41, 5.74) is 0. The van der Waals surface area contributed by atoms with Crippen LogP contribution in [0.5, 0.6) is 0 Å². The SMILES string of the molecule is C=CC(=O)O.C=CC(=O)O.C=CC=O.CC(=O)O. The number of allylic oxidation sites excluding steroid dienone is 1. The molecule has 0 saturated carbocycles. The summed E-state index contributed by atoms with van der Waals surface area (Å²) in [7, 11) is 0. The Morgan fingerprint density at radius 1 is 0.889 bits per heavy atom. The number of carboxylic acid groups (broad SMARTS) is 3. The Kier molecular flexibility index (Phi) is 32.5. The van der Waals surface area contributed by atoms with Crippen molar-refractivity contribution in [1.82, 2.24) is 0 Å². The molecular weight excluding hydrogens is 244 g/mol. The molecule has 0 rings (SSSR count). The highest BCUT2D eigenvalue weighted by Gasteiger charge is 1.73. The number of carbonyl (C=O) groups is 4. The van der Waals surface area contributed by atoms with Gasteiger partial charge in [-0.2, -0.15) is 0 Å². The van der Waals surface area contributed by atoms with Gasteiger partial charge in [-0.05, 0) is 6.08 Å². The molecule has 0 spiro atoms. The predicted molar refractivity (Wildman–Crippen MR) is 65.2 cm³/mol. The lowest BCUT2D eigenvalue weighted by Crippen LogP contribution is -1.82. The first-order valence-corrected chi connectivity index (χ1v) is 4.15. The van der Waals surface area contributed by atoms with Crippen molar-refractivity contribution in [3.63, 3.8) is 0 Å². The van der Waals surface area contributed by atoms with Gasteiger partial charge in [0.25, 0.3) is 5.97 Å². The quantitative estimate of drug-likeness (QED) is 0.509. The minimum atomic E-state index is -0.981. The molecule has 0 heterocycles. The first-order chi connectivity index (χ1) is 8.19. The average Bonchev–Trinajstić information content (AvgIpc) is 2.29. The topological polar surface area (TPSA) is 129 Å². The summed E-state index contributed by atoms with van der Waals surface area (Å²) >= 11 is 0. The van der Waals surface area contributed by atoms with E-state index < -0.39 is 17.9 Å². The van der Waals surface area contributed by atoms with E-state index in [1.807, 2.05) is 0 Å². The minimum absolute atomic E-state index is 0.639. The van der Waals surface area contributed by atoms with Crippen molar-refractivity contribution in [2.24, 2.45) is 0 Å². The lowest BCUT2D eigenvalue weighted by atomic mass is 10.7. The molecule has 0 atom stereocenters. The Labute approximate surface area is 104 Å². The highest BCUT2D eigenvalue weighted by molar-refractivity contribution is 5.79. The number of aldehydes is 1. The van der Waals surface area contributed by atoms with Crippen LogP contribution >= 0.6 is 0 Å². The lowest BCUT2D eigenvalue weighted by Gasteiger charge is -1.64. The van der Waals surface area contributed by atoms with Crippen LogP contribution in [0.15, 0.2) is 38.0 Å². The number of aliphatic carboxylic acids is 3. The van der Waals surface area contributed by atoms with E-state index in [0.717, 1.165) is 19.1 Å². The van der Waals surface area contributed by atoms with Crippen molar-refractivity contribution >= 4 is 24.2 Å². The first kappa shape index (κ1) is 24.5. The van der Waals surface area contributed by atoms with Gasteiger partial charge in [0.05, 0.1) is 0 Å². The third kappa shape index (κ3) is 380. The van der Waals surface area contributed by atoms with E-state index in [0.29, 0.717) is 6.29 Å². The van der Waals surface area contributed by atoms with Gasteiger partial charge in [0.1, 0.15) is 6.29 Å². The van der Waals surface area contributed by atoms with Crippen LogP contribution in [0, 0.1) is 0 Å². The largest absolute Gasteiger partial charge is 0.481 e. The zero-order valence-electron chi connectivity index (χ0n) is 9.91. The smallest absolute Gasteiger partial charge is 0.327 e. The van der Waals surface area contributed by atoms with E-state index in [9.17, 15) is 9.59 Å². The molecular formula is C11H16O7. The number of rotatable bonds is 3.